The Balaban J connectivity index is 1.62. The molecule has 0 bridgehead atoms. The number of carbonyl (C=O) groups is 1. The van der Waals surface area contributed by atoms with Crippen LogP contribution >= 0.6 is 0 Å². The van der Waals surface area contributed by atoms with Gasteiger partial charge in [-0.15, -0.1) is 0 Å². The number of carboxylic acid groups (broad SMARTS) is 1. The summed E-state index contributed by atoms with van der Waals surface area (Å²) in [6, 6.07) is 26.7. The number of aryl methyl sites for hydroxylation is 1. The normalized spacial score (nSPS) is 11.3. The van der Waals surface area contributed by atoms with E-state index in [4.69, 9.17) is 5.11 Å². The number of hydrogen-bond acceptors (Lipinski definition) is 3. The Bertz CT molecular complexity index is 946. The van der Waals surface area contributed by atoms with E-state index in [-0.39, 0.29) is 6.42 Å². The van der Waals surface area contributed by atoms with Gasteiger partial charge in [0.25, 0.3) is 0 Å². The van der Waals surface area contributed by atoms with Gasteiger partial charge in [0.2, 0.25) is 0 Å². The maximum atomic E-state index is 10.7. The quantitative estimate of drug-likeness (QED) is 0.499. The lowest BCUT2D eigenvalue weighted by molar-refractivity contribution is -0.136. The Hall–Kier alpha value is -3.40. The zero-order chi connectivity index (χ0) is 20.5. The zero-order valence-corrected chi connectivity index (χ0v) is 16.6. The smallest absolute Gasteiger partial charge is 0.303 e. The lowest BCUT2D eigenvalue weighted by atomic mass is 10.0. The van der Waals surface area contributed by atoms with Gasteiger partial charge in [0.05, 0.1) is 5.71 Å². The number of carboxylic acids is 1. The molecule has 148 valence electrons. The maximum absolute atomic E-state index is 10.7. The molecule has 0 atom stereocenters. The fourth-order valence-corrected chi connectivity index (χ4v) is 3.13. The molecule has 0 aliphatic rings. The lowest BCUT2D eigenvalue weighted by Crippen LogP contribution is -2.05. The standard InChI is InChI=1S/C25H26N2O2/c1-2-26-25(21-6-4-3-5-7-21)22-13-8-20(9-14-22)18-27-23-15-10-19(11-16-23)12-17-24(28)29/h3-11,13-16,27H,2,12,17-18H2,1H3,(H,28,29). The summed E-state index contributed by atoms with van der Waals surface area (Å²) < 4.78 is 0. The van der Waals surface area contributed by atoms with Crippen molar-refractivity contribution in [3.8, 4) is 0 Å². The predicted octanol–water partition coefficient (Wildman–Crippen LogP) is 5.17. The highest BCUT2D eigenvalue weighted by Crippen LogP contribution is 2.15. The second-order valence-electron chi connectivity index (χ2n) is 6.83. The first-order valence-corrected chi connectivity index (χ1v) is 9.89. The Kier molecular flexibility index (Phi) is 7.17. The van der Waals surface area contributed by atoms with Crippen LogP contribution in [0.25, 0.3) is 0 Å². The Morgan fingerprint density at radius 3 is 2.10 bits per heavy atom. The van der Waals surface area contributed by atoms with Gasteiger partial charge in [-0.05, 0) is 36.6 Å². The van der Waals surface area contributed by atoms with Gasteiger partial charge in [0.1, 0.15) is 0 Å². The highest BCUT2D eigenvalue weighted by atomic mass is 16.4. The van der Waals surface area contributed by atoms with Crippen molar-refractivity contribution in [1.82, 2.24) is 0 Å². The van der Waals surface area contributed by atoms with Crippen molar-refractivity contribution in [2.24, 2.45) is 4.99 Å². The predicted molar refractivity (Wildman–Crippen MR) is 119 cm³/mol. The van der Waals surface area contributed by atoms with Crippen LogP contribution in [0.2, 0.25) is 0 Å². The van der Waals surface area contributed by atoms with E-state index in [1.54, 1.807) is 0 Å². The first kappa shape index (κ1) is 20.3. The molecule has 0 aromatic heterocycles. The highest BCUT2D eigenvalue weighted by molar-refractivity contribution is 6.12. The van der Waals surface area contributed by atoms with Crippen LogP contribution < -0.4 is 5.32 Å². The number of hydrogen-bond donors (Lipinski definition) is 2. The van der Waals surface area contributed by atoms with Gasteiger partial charge >= 0.3 is 5.97 Å². The molecule has 4 nitrogen and oxygen atoms in total. The molecular weight excluding hydrogens is 360 g/mol. The molecule has 0 saturated heterocycles. The average molecular weight is 386 g/mol. The molecule has 0 heterocycles. The van der Waals surface area contributed by atoms with Crippen LogP contribution in [0.5, 0.6) is 0 Å². The van der Waals surface area contributed by atoms with Crippen molar-refractivity contribution < 1.29 is 9.90 Å². The number of benzene rings is 3. The van der Waals surface area contributed by atoms with Gasteiger partial charge in [-0.3, -0.25) is 9.79 Å². The van der Waals surface area contributed by atoms with Gasteiger partial charge in [-0.1, -0.05) is 66.7 Å². The number of anilines is 1. The molecule has 3 rings (SSSR count). The minimum atomic E-state index is -0.768. The summed E-state index contributed by atoms with van der Waals surface area (Å²) in [5.41, 5.74) is 6.50. The maximum Gasteiger partial charge on any atom is 0.303 e. The fraction of sp³-hybridized carbons (Fsp3) is 0.200. The lowest BCUT2D eigenvalue weighted by Gasteiger charge is -2.10. The van der Waals surface area contributed by atoms with Crippen molar-refractivity contribution in [2.75, 3.05) is 11.9 Å². The molecule has 0 amide bonds. The van der Waals surface area contributed by atoms with E-state index < -0.39 is 5.97 Å². The molecule has 0 radical (unpaired) electrons. The molecule has 4 heteroatoms. The SMILES string of the molecule is CCN=C(c1ccccc1)c1ccc(CNc2ccc(CCC(=O)O)cc2)cc1. The molecule has 29 heavy (non-hydrogen) atoms. The summed E-state index contributed by atoms with van der Waals surface area (Å²) in [4.78, 5) is 15.3. The number of aliphatic imine (C=N–C) groups is 1. The zero-order valence-electron chi connectivity index (χ0n) is 16.6. The van der Waals surface area contributed by atoms with Crippen molar-refractivity contribution in [2.45, 2.75) is 26.3 Å². The third kappa shape index (κ3) is 6.04. The average Bonchev–Trinajstić information content (AvgIpc) is 2.76. The van der Waals surface area contributed by atoms with Crippen LogP contribution in [0.1, 0.15) is 35.6 Å². The Labute approximate surface area is 172 Å². The summed E-state index contributed by atoms with van der Waals surface area (Å²) >= 11 is 0. The van der Waals surface area contributed by atoms with Gasteiger partial charge in [0.15, 0.2) is 0 Å². The second-order valence-corrected chi connectivity index (χ2v) is 6.83. The molecule has 0 spiro atoms. The molecule has 0 unspecified atom stereocenters. The first-order chi connectivity index (χ1) is 14.2. The van der Waals surface area contributed by atoms with E-state index >= 15 is 0 Å². The van der Waals surface area contributed by atoms with Crippen molar-refractivity contribution >= 4 is 17.4 Å². The van der Waals surface area contributed by atoms with Gasteiger partial charge in [0, 0.05) is 36.3 Å². The van der Waals surface area contributed by atoms with Crippen LogP contribution in [0.4, 0.5) is 5.69 Å². The number of nitrogens with zero attached hydrogens (tertiary/aromatic N) is 1. The van der Waals surface area contributed by atoms with Crippen LogP contribution in [-0.2, 0) is 17.8 Å². The Morgan fingerprint density at radius 2 is 1.48 bits per heavy atom. The molecule has 0 saturated carbocycles. The van der Waals surface area contributed by atoms with Crippen molar-refractivity contribution in [3.05, 3.63) is 101 Å². The third-order valence-corrected chi connectivity index (χ3v) is 4.67. The summed E-state index contributed by atoms with van der Waals surface area (Å²) in [7, 11) is 0. The van der Waals surface area contributed by atoms with Crippen LogP contribution in [0, 0.1) is 0 Å². The van der Waals surface area contributed by atoms with Crippen LogP contribution in [0.15, 0.2) is 83.9 Å². The number of rotatable bonds is 9. The molecule has 3 aromatic rings. The highest BCUT2D eigenvalue weighted by Gasteiger charge is 2.06. The summed E-state index contributed by atoms with van der Waals surface area (Å²) in [5, 5.41) is 12.2. The third-order valence-electron chi connectivity index (χ3n) is 4.67. The fourth-order valence-electron chi connectivity index (χ4n) is 3.13. The molecular formula is C25H26N2O2. The summed E-state index contributed by atoms with van der Waals surface area (Å²) in [6.07, 6.45) is 0.714. The van der Waals surface area contributed by atoms with E-state index in [0.29, 0.717) is 6.42 Å². The van der Waals surface area contributed by atoms with Gasteiger partial charge < -0.3 is 10.4 Å². The van der Waals surface area contributed by atoms with E-state index in [9.17, 15) is 4.79 Å². The van der Waals surface area contributed by atoms with Crippen molar-refractivity contribution in [1.29, 1.82) is 0 Å². The van der Waals surface area contributed by atoms with Crippen molar-refractivity contribution in [3.63, 3.8) is 0 Å². The first-order valence-electron chi connectivity index (χ1n) is 9.89. The molecule has 2 N–H and O–H groups in total. The molecule has 3 aromatic carbocycles. The van der Waals surface area contributed by atoms with Gasteiger partial charge in [-0.25, -0.2) is 0 Å². The van der Waals surface area contributed by atoms with E-state index in [0.717, 1.165) is 41.2 Å². The number of nitrogens with one attached hydrogen (secondary N) is 1. The van der Waals surface area contributed by atoms with E-state index in [1.165, 1.54) is 5.56 Å². The monoisotopic (exact) mass is 386 g/mol. The van der Waals surface area contributed by atoms with Gasteiger partial charge in [-0.2, -0.15) is 0 Å². The largest absolute Gasteiger partial charge is 0.481 e. The second kappa shape index (κ2) is 10.2. The van der Waals surface area contributed by atoms with Crippen LogP contribution in [0.3, 0.4) is 0 Å². The van der Waals surface area contributed by atoms with E-state index in [1.807, 2.05) is 49.4 Å². The molecule has 0 fully saturated rings. The topological polar surface area (TPSA) is 61.7 Å². The minimum absolute atomic E-state index is 0.158. The molecule has 0 aliphatic heterocycles. The number of aliphatic carboxylic acids is 1. The minimum Gasteiger partial charge on any atom is -0.481 e. The molecule has 0 aliphatic carbocycles. The van der Waals surface area contributed by atoms with E-state index in [2.05, 4.69) is 46.7 Å². The summed E-state index contributed by atoms with van der Waals surface area (Å²) in [6.45, 7) is 3.52. The summed E-state index contributed by atoms with van der Waals surface area (Å²) in [5.74, 6) is -0.768. The van der Waals surface area contributed by atoms with Crippen LogP contribution in [-0.4, -0.2) is 23.3 Å². The Morgan fingerprint density at radius 1 is 0.862 bits per heavy atom.